The third-order valence-electron chi connectivity index (χ3n) is 3.88. The van der Waals surface area contributed by atoms with E-state index in [1.807, 2.05) is 0 Å². The van der Waals surface area contributed by atoms with Gasteiger partial charge in [-0.1, -0.05) is 0 Å². The number of phenols is 3. The van der Waals surface area contributed by atoms with E-state index in [9.17, 15) is 20.1 Å². The highest BCUT2D eigenvalue weighted by Gasteiger charge is 2.31. The van der Waals surface area contributed by atoms with Gasteiger partial charge in [0.15, 0.2) is 17.3 Å². The molecular weight excluding hydrogens is 316 g/mol. The van der Waals surface area contributed by atoms with E-state index < -0.39 is 6.10 Å². The van der Waals surface area contributed by atoms with E-state index in [1.165, 1.54) is 38.5 Å². The first-order valence-electron chi connectivity index (χ1n) is 7.15. The number of rotatable bonds is 3. The highest BCUT2D eigenvalue weighted by atomic mass is 16.5. The molecule has 0 aromatic heterocycles. The van der Waals surface area contributed by atoms with E-state index >= 15 is 0 Å². The highest BCUT2D eigenvalue weighted by Crippen LogP contribution is 2.44. The maximum Gasteiger partial charge on any atom is 0.200 e. The van der Waals surface area contributed by atoms with Gasteiger partial charge in [-0.2, -0.15) is 0 Å². The second-order valence-corrected chi connectivity index (χ2v) is 5.34. The monoisotopic (exact) mass is 332 g/mol. The SMILES string of the molecule is COc1cc(O)c2c(c1)OC(c1cc(O)c(O)c(OC)c1)CC2=O. The Hall–Kier alpha value is -3.09. The van der Waals surface area contributed by atoms with E-state index in [2.05, 4.69) is 0 Å². The number of hydrogen-bond acceptors (Lipinski definition) is 7. The fourth-order valence-corrected chi connectivity index (χ4v) is 2.67. The molecule has 1 unspecified atom stereocenters. The minimum atomic E-state index is -0.697. The summed E-state index contributed by atoms with van der Waals surface area (Å²) in [5.41, 5.74) is 0.561. The molecule has 7 nitrogen and oxygen atoms in total. The molecule has 3 N–H and O–H groups in total. The van der Waals surface area contributed by atoms with Crippen LogP contribution < -0.4 is 14.2 Å². The molecule has 2 aromatic rings. The maximum absolute atomic E-state index is 12.4. The third-order valence-corrected chi connectivity index (χ3v) is 3.88. The van der Waals surface area contributed by atoms with E-state index in [0.717, 1.165) is 0 Å². The van der Waals surface area contributed by atoms with Crippen LogP contribution in [0, 0.1) is 0 Å². The molecule has 1 aliphatic heterocycles. The summed E-state index contributed by atoms with van der Waals surface area (Å²) in [5.74, 6) is -0.652. The molecule has 1 atom stereocenters. The van der Waals surface area contributed by atoms with Crippen molar-refractivity contribution in [1.29, 1.82) is 0 Å². The van der Waals surface area contributed by atoms with Crippen molar-refractivity contribution in [2.45, 2.75) is 12.5 Å². The number of Topliss-reactive ketones (excluding diaryl/α,β-unsaturated/α-hetero) is 1. The van der Waals surface area contributed by atoms with Gasteiger partial charge in [-0.25, -0.2) is 0 Å². The standard InChI is InChI=1S/C17H16O7/c1-22-9-5-10(18)16-11(19)7-13(24-14(16)6-9)8-3-12(20)17(21)15(4-8)23-2/h3-6,13,18,20-21H,7H2,1-2H3. The number of fused-ring (bicyclic) bond motifs is 1. The van der Waals surface area contributed by atoms with Gasteiger partial charge in [-0.05, 0) is 12.1 Å². The lowest BCUT2D eigenvalue weighted by atomic mass is 9.95. The molecule has 0 saturated carbocycles. The van der Waals surface area contributed by atoms with Crippen LogP contribution in [-0.2, 0) is 0 Å². The number of aromatic hydroxyl groups is 3. The van der Waals surface area contributed by atoms with Crippen LogP contribution in [0.25, 0.3) is 0 Å². The zero-order valence-corrected chi connectivity index (χ0v) is 13.1. The van der Waals surface area contributed by atoms with Gasteiger partial charge in [-0.15, -0.1) is 0 Å². The molecule has 7 heteroatoms. The molecule has 0 amide bonds. The second kappa shape index (κ2) is 5.84. The van der Waals surface area contributed by atoms with Gasteiger partial charge in [0.2, 0.25) is 5.75 Å². The van der Waals surface area contributed by atoms with Gasteiger partial charge < -0.3 is 29.5 Å². The Bertz CT molecular complexity index is 813. The van der Waals surface area contributed by atoms with Crippen LogP contribution in [0.1, 0.15) is 28.4 Å². The van der Waals surface area contributed by atoms with Crippen molar-refractivity contribution in [3.63, 3.8) is 0 Å². The Morgan fingerprint density at radius 3 is 2.46 bits per heavy atom. The number of phenolic OH excluding ortho intramolecular Hbond substituents is 3. The average Bonchev–Trinajstić information content (AvgIpc) is 2.56. The normalized spacial score (nSPS) is 16.2. The van der Waals surface area contributed by atoms with Gasteiger partial charge in [0.25, 0.3) is 0 Å². The van der Waals surface area contributed by atoms with Gasteiger partial charge in [-0.3, -0.25) is 4.79 Å². The lowest BCUT2D eigenvalue weighted by Crippen LogP contribution is -2.20. The molecular formula is C17H16O7. The van der Waals surface area contributed by atoms with Crippen LogP contribution in [0.4, 0.5) is 0 Å². The topological polar surface area (TPSA) is 105 Å². The number of carbonyl (C=O) groups is 1. The number of ketones is 1. The summed E-state index contributed by atoms with van der Waals surface area (Å²) >= 11 is 0. The largest absolute Gasteiger partial charge is 0.507 e. The molecule has 24 heavy (non-hydrogen) atoms. The molecule has 0 fully saturated rings. The molecule has 1 aliphatic rings. The quantitative estimate of drug-likeness (QED) is 0.742. The number of hydrogen-bond donors (Lipinski definition) is 3. The third kappa shape index (κ3) is 2.54. The van der Waals surface area contributed by atoms with Gasteiger partial charge in [0.1, 0.15) is 28.9 Å². The number of carbonyl (C=O) groups excluding carboxylic acids is 1. The molecule has 0 spiro atoms. The van der Waals surface area contributed by atoms with E-state index in [4.69, 9.17) is 14.2 Å². The van der Waals surface area contributed by atoms with E-state index in [0.29, 0.717) is 11.3 Å². The number of ether oxygens (including phenoxy) is 3. The molecule has 0 radical (unpaired) electrons. The van der Waals surface area contributed by atoms with Crippen molar-refractivity contribution in [3.8, 4) is 34.5 Å². The first-order chi connectivity index (χ1) is 11.4. The summed E-state index contributed by atoms with van der Waals surface area (Å²) in [4.78, 5) is 12.4. The Morgan fingerprint density at radius 1 is 1.04 bits per heavy atom. The van der Waals surface area contributed by atoms with Crippen LogP contribution in [-0.4, -0.2) is 35.3 Å². The van der Waals surface area contributed by atoms with Crippen molar-refractivity contribution in [2.75, 3.05) is 14.2 Å². The van der Waals surface area contributed by atoms with Crippen molar-refractivity contribution in [2.24, 2.45) is 0 Å². The summed E-state index contributed by atoms with van der Waals surface area (Å²) in [6.07, 6.45) is -0.725. The van der Waals surface area contributed by atoms with Crippen molar-refractivity contribution in [1.82, 2.24) is 0 Å². The lowest BCUT2D eigenvalue weighted by Gasteiger charge is -2.26. The molecule has 0 bridgehead atoms. The Morgan fingerprint density at radius 2 is 1.79 bits per heavy atom. The Balaban J connectivity index is 2.03. The van der Waals surface area contributed by atoms with Crippen LogP contribution in [0.15, 0.2) is 24.3 Å². The zero-order chi connectivity index (χ0) is 17.4. The lowest BCUT2D eigenvalue weighted by molar-refractivity contribution is 0.0844. The summed E-state index contributed by atoms with van der Waals surface area (Å²) < 4.78 is 15.9. The van der Waals surface area contributed by atoms with Gasteiger partial charge in [0, 0.05) is 17.7 Å². The van der Waals surface area contributed by atoms with Crippen molar-refractivity contribution < 1.29 is 34.3 Å². The van der Waals surface area contributed by atoms with Crippen molar-refractivity contribution in [3.05, 3.63) is 35.4 Å². The van der Waals surface area contributed by atoms with Crippen LogP contribution in [0.2, 0.25) is 0 Å². The molecule has 126 valence electrons. The number of benzene rings is 2. The molecule has 0 saturated heterocycles. The maximum atomic E-state index is 12.4. The minimum absolute atomic E-state index is 0.0275. The average molecular weight is 332 g/mol. The molecule has 0 aliphatic carbocycles. The summed E-state index contributed by atoms with van der Waals surface area (Å²) in [7, 11) is 2.79. The smallest absolute Gasteiger partial charge is 0.200 e. The fraction of sp³-hybridized carbons (Fsp3) is 0.235. The highest BCUT2D eigenvalue weighted by molar-refractivity contribution is 6.02. The van der Waals surface area contributed by atoms with E-state index in [-0.39, 0.29) is 46.5 Å². The predicted molar refractivity (Wildman–Crippen MR) is 83.3 cm³/mol. The first kappa shape index (κ1) is 15.8. The van der Waals surface area contributed by atoms with Gasteiger partial charge >= 0.3 is 0 Å². The first-order valence-corrected chi connectivity index (χ1v) is 7.15. The van der Waals surface area contributed by atoms with Crippen LogP contribution >= 0.6 is 0 Å². The molecule has 3 rings (SSSR count). The van der Waals surface area contributed by atoms with Crippen molar-refractivity contribution >= 4 is 5.78 Å². The second-order valence-electron chi connectivity index (χ2n) is 5.34. The Kier molecular flexibility index (Phi) is 3.84. The van der Waals surface area contributed by atoms with Crippen LogP contribution in [0.3, 0.4) is 0 Å². The molecule has 2 aromatic carbocycles. The summed E-state index contributed by atoms with van der Waals surface area (Å²) in [6, 6.07) is 5.64. The van der Waals surface area contributed by atoms with Gasteiger partial charge in [0.05, 0.1) is 20.6 Å². The Labute approximate surface area is 137 Å². The minimum Gasteiger partial charge on any atom is -0.507 e. The fourth-order valence-electron chi connectivity index (χ4n) is 2.67. The van der Waals surface area contributed by atoms with E-state index in [1.54, 1.807) is 0 Å². The number of methoxy groups -OCH3 is 2. The predicted octanol–water partition coefficient (Wildman–Crippen LogP) is 2.53. The molecule has 1 heterocycles. The van der Waals surface area contributed by atoms with Crippen LogP contribution in [0.5, 0.6) is 34.5 Å². The summed E-state index contributed by atoms with van der Waals surface area (Å²) in [5, 5.41) is 29.5. The summed E-state index contributed by atoms with van der Waals surface area (Å²) in [6.45, 7) is 0. The zero-order valence-electron chi connectivity index (χ0n) is 13.1.